The topological polar surface area (TPSA) is 131 Å². The Labute approximate surface area is 382 Å². The van der Waals surface area contributed by atoms with E-state index in [0.29, 0.717) is 48.5 Å². The van der Waals surface area contributed by atoms with Crippen molar-refractivity contribution < 1.29 is 28.5 Å². The number of pyridine rings is 2. The molecule has 0 aliphatic rings. The number of fused-ring (bicyclic) bond motifs is 2. The van der Waals surface area contributed by atoms with Gasteiger partial charge in [0.1, 0.15) is 67.3 Å². The summed E-state index contributed by atoms with van der Waals surface area (Å²) in [5, 5.41) is 9.48. The van der Waals surface area contributed by atoms with Crippen LogP contribution in [-0.2, 0) is 37.6 Å². The molecule has 0 aliphatic heterocycles. The Morgan fingerprint density at radius 1 is 0.569 bits per heavy atom. The number of aromatic amines is 1. The summed E-state index contributed by atoms with van der Waals surface area (Å²) in [5.74, 6) is 4.02. The number of ether oxygens (including phenoxy) is 5. The first-order valence-electron chi connectivity index (χ1n) is 21.1. The van der Waals surface area contributed by atoms with Crippen LogP contribution in [0.3, 0.4) is 0 Å². The first-order chi connectivity index (χ1) is 31.8. The van der Waals surface area contributed by atoms with Crippen molar-refractivity contribution in [3.63, 3.8) is 0 Å². The van der Waals surface area contributed by atoms with Gasteiger partial charge >= 0.3 is 0 Å². The predicted octanol–water partition coefficient (Wildman–Crippen LogP) is 11.5. The number of para-hydroxylation sites is 3. The molecule has 9 rings (SSSR count). The van der Waals surface area contributed by atoms with Crippen molar-refractivity contribution in [2.45, 2.75) is 52.8 Å². The van der Waals surface area contributed by atoms with Gasteiger partial charge in [0.15, 0.2) is 11.9 Å². The number of rotatable bonds is 17. The zero-order valence-electron chi connectivity index (χ0n) is 35.9. The van der Waals surface area contributed by atoms with Crippen LogP contribution < -0.4 is 23.7 Å². The van der Waals surface area contributed by atoms with E-state index in [-0.39, 0.29) is 12.4 Å². The summed E-state index contributed by atoms with van der Waals surface area (Å²) >= 11 is 6.30. The van der Waals surface area contributed by atoms with Crippen LogP contribution in [0.25, 0.3) is 21.8 Å². The fraction of sp³-hybridized carbons (Fsp3) is 0.151. The molecule has 326 valence electrons. The highest BCUT2D eigenvalue weighted by Crippen LogP contribution is 2.31. The van der Waals surface area contributed by atoms with E-state index in [9.17, 15) is 4.79 Å². The van der Waals surface area contributed by atoms with Gasteiger partial charge in [-0.25, -0.2) is 15.0 Å². The molecular formula is C53H46ClN5O6. The van der Waals surface area contributed by atoms with Crippen molar-refractivity contribution in [3.8, 4) is 28.7 Å². The molecule has 9 aromatic rings. The van der Waals surface area contributed by atoms with Crippen LogP contribution in [0.1, 0.15) is 47.8 Å². The van der Waals surface area contributed by atoms with Crippen molar-refractivity contribution in [1.29, 1.82) is 0 Å². The molecule has 3 heterocycles. The SMILES string of the molecule is CC(=O)C(C)Oc1c(Cl)cccc1COc1cccc(OCc2ccc3ccccc3n2)c1.c1cc(OCc2ccc3ccccc3n2)cc(OCc2ccccc2Cc2ncn[nH]2)c1. The first kappa shape index (κ1) is 43.9. The van der Waals surface area contributed by atoms with Gasteiger partial charge in [-0.15, -0.1) is 0 Å². The minimum absolute atomic E-state index is 0.0764. The quantitative estimate of drug-likeness (QED) is 0.0943. The number of benzene rings is 6. The van der Waals surface area contributed by atoms with Crippen LogP contribution in [-0.4, -0.2) is 37.0 Å². The van der Waals surface area contributed by atoms with E-state index in [0.717, 1.165) is 67.2 Å². The number of H-pyrrole nitrogens is 1. The molecule has 1 atom stereocenters. The summed E-state index contributed by atoms with van der Waals surface area (Å²) in [6, 6.07) is 52.8. The Morgan fingerprint density at radius 2 is 1.06 bits per heavy atom. The van der Waals surface area contributed by atoms with Gasteiger partial charge in [-0.3, -0.25) is 9.89 Å². The number of nitrogens with zero attached hydrogens (tertiary/aromatic N) is 4. The lowest BCUT2D eigenvalue weighted by molar-refractivity contribution is -0.122. The van der Waals surface area contributed by atoms with Crippen LogP contribution in [0.2, 0.25) is 5.02 Å². The van der Waals surface area contributed by atoms with E-state index in [2.05, 4.69) is 49.4 Å². The van der Waals surface area contributed by atoms with Crippen LogP contribution in [0, 0.1) is 0 Å². The van der Waals surface area contributed by atoms with Gasteiger partial charge in [0.05, 0.1) is 27.4 Å². The van der Waals surface area contributed by atoms with Gasteiger partial charge in [-0.1, -0.05) is 109 Å². The summed E-state index contributed by atoms with van der Waals surface area (Å²) in [7, 11) is 0. The zero-order chi connectivity index (χ0) is 44.8. The lowest BCUT2D eigenvalue weighted by atomic mass is 10.1. The number of ketones is 1. The monoisotopic (exact) mass is 883 g/mol. The molecule has 0 saturated carbocycles. The number of hydrogen-bond acceptors (Lipinski definition) is 10. The van der Waals surface area contributed by atoms with E-state index in [1.54, 1.807) is 13.0 Å². The number of halogens is 1. The van der Waals surface area contributed by atoms with Gasteiger partial charge in [-0.05, 0) is 79.6 Å². The predicted molar refractivity (Wildman–Crippen MR) is 252 cm³/mol. The Balaban J connectivity index is 0.000000177. The van der Waals surface area contributed by atoms with Gasteiger partial charge in [-0.2, -0.15) is 5.10 Å². The number of carbonyl (C=O) groups is 1. The highest BCUT2D eigenvalue weighted by atomic mass is 35.5. The second-order valence-electron chi connectivity index (χ2n) is 15.1. The Bertz CT molecular complexity index is 3000. The molecule has 11 nitrogen and oxygen atoms in total. The molecule has 0 radical (unpaired) electrons. The lowest BCUT2D eigenvalue weighted by Gasteiger charge is -2.17. The number of aromatic nitrogens is 5. The average molecular weight is 884 g/mol. The molecular weight excluding hydrogens is 838 g/mol. The average Bonchev–Trinajstić information content (AvgIpc) is 3.86. The van der Waals surface area contributed by atoms with E-state index in [1.807, 2.05) is 133 Å². The van der Waals surface area contributed by atoms with Crippen molar-refractivity contribution in [2.75, 3.05) is 0 Å². The molecule has 0 amide bonds. The molecule has 65 heavy (non-hydrogen) atoms. The molecule has 1 unspecified atom stereocenters. The molecule has 0 fully saturated rings. The fourth-order valence-corrected chi connectivity index (χ4v) is 6.99. The third-order valence-electron chi connectivity index (χ3n) is 10.3. The Morgan fingerprint density at radius 3 is 1.62 bits per heavy atom. The summed E-state index contributed by atoms with van der Waals surface area (Å²) < 4.78 is 29.7. The number of hydrogen-bond donors (Lipinski definition) is 1. The van der Waals surface area contributed by atoms with Crippen molar-refractivity contribution in [1.82, 2.24) is 25.1 Å². The summed E-state index contributed by atoms with van der Waals surface area (Å²) in [6.07, 6.45) is 1.61. The van der Waals surface area contributed by atoms with Gasteiger partial charge in [0.25, 0.3) is 0 Å². The van der Waals surface area contributed by atoms with E-state index in [4.69, 9.17) is 35.3 Å². The van der Waals surface area contributed by atoms with Gasteiger partial charge in [0, 0.05) is 34.9 Å². The van der Waals surface area contributed by atoms with E-state index in [1.165, 1.54) is 13.3 Å². The smallest absolute Gasteiger partial charge is 0.169 e. The third kappa shape index (κ3) is 12.2. The van der Waals surface area contributed by atoms with Crippen LogP contribution in [0.5, 0.6) is 28.7 Å². The second-order valence-corrected chi connectivity index (χ2v) is 15.5. The van der Waals surface area contributed by atoms with E-state index >= 15 is 0 Å². The molecule has 6 aromatic carbocycles. The standard InChI is InChI=1S/C27H24ClNO4.C26H22N4O2/c1-18(30)19(2)33-27-21(8-5-11-25(27)28)16-31-23-9-6-10-24(15-23)32-17-22-14-13-20-7-3-4-12-26(20)29-22;1-2-8-21(20(7-1)14-26-27-18-28-30-26)16-31-23-9-5-10-24(15-23)32-17-22-13-12-19-6-3-4-11-25(19)29-22/h3-15,19H,16-17H2,1-2H3;1-13,15,18H,14,16-17H2,(H,27,28,30). The highest BCUT2D eigenvalue weighted by molar-refractivity contribution is 6.32. The zero-order valence-corrected chi connectivity index (χ0v) is 36.7. The maximum absolute atomic E-state index is 11.6. The molecule has 0 aliphatic carbocycles. The van der Waals surface area contributed by atoms with Crippen molar-refractivity contribution in [3.05, 3.63) is 209 Å². The molecule has 3 aromatic heterocycles. The van der Waals surface area contributed by atoms with E-state index < -0.39 is 6.10 Å². The third-order valence-corrected chi connectivity index (χ3v) is 10.6. The molecule has 0 bridgehead atoms. The van der Waals surface area contributed by atoms with Crippen LogP contribution in [0.4, 0.5) is 0 Å². The molecule has 0 saturated heterocycles. The number of nitrogens with one attached hydrogen (secondary N) is 1. The number of Topliss-reactive ketones (excluding diaryl/α,β-unsaturated/α-hetero) is 1. The fourth-order valence-electron chi connectivity index (χ4n) is 6.75. The highest BCUT2D eigenvalue weighted by Gasteiger charge is 2.16. The first-order valence-corrected chi connectivity index (χ1v) is 21.5. The summed E-state index contributed by atoms with van der Waals surface area (Å²) in [4.78, 5) is 25.1. The molecule has 0 spiro atoms. The molecule has 1 N–H and O–H groups in total. The minimum atomic E-state index is -0.593. The summed E-state index contributed by atoms with van der Waals surface area (Å²) in [6.45, 7) is 4.62. The Kier molecular flexibility index (Phi) is 14.5. The Hall–Kier alpha value is -7.76. The van der Waals surface area contributed by atoms with Gasteiger partial charge in [0.2, 0.25) is 0 Å². The maximum Gasteiger partial charge on any atom is 0.169 e. The number of carbonyl (C=O) groups excluding carboxylic acids is 1. The van der Waals surface area contributed by atoms with Crippen molar-refractivity contribution >= 4 is 39.2 Å². The lowest BCUT2D eigenvalue weighted by Crippen LogP contribution is -2.21. The van der Waals surface area contributed by atoms with Crippen molar-refractivity contribution in [2.24, 2.45) is 0 Å². The second kappa shape index (κ2) is 21.5. The normalized spacial score (nSPS) is 11.3. The largest absolute Gasteiger partial charge is 0.489 e. The maximum atomic E-state index is 11.6. The van der Waals surface area contributed by atoms with Crippen LogP contribution >= 0.6 is 11.6 Å². The van der Waals surface area contributed by atoms with Crippen LogP contribution in [0.15, 0.2) is 170 Å². The summed E-state index contributed by atoms with van der Waals surface area (Å²) in [5.41, 5.74) is 6.65. The minimum Gasteiger partial charge on any atom is -0.489 e. The molecule has 12 heteroatoms. The van der Waals surface area contributed by atoms with Gasteiger partial charge < -0.3 is 23.7 Å².